The first-order chi connectivity index (χ1) is 16.2. The second-order valence-corrected chi connectivity index (χ2v) is 6.10. The summed E-state index contributed by atoms with van der Waals surface area (Å²) in [6, 6.07) is 7.68. The molecule has 0 unspecified atom stereocenters. The molecule has 0 saturated carbocycles. The van der Waals surface area contributed by atoms with E-state index in [9.17, 15) is 0 Å². The molecule has 0 aliphatic rings. The van der Waals surface area contributed by atoms with Gasteiger partial charge < -0.3 is 9.93 Å². The Morgan fingerprint density at radius 1 is 0.879 bits per heavy atom. The zero-order chi connectivity index (χ0) is 26.1. The molecule has 7 heteroatoms. The van der Waals surface area contributed by atoms with E-state index in [1.54, 1.807) is 29.8 Å². The Labute approximate surface area is 204 Å². The molecule has 0 aliphatic heterocycles. The molecule has 0 bridgehead atoms. The van der Waals surface area contributed by atoms with Crippen LogP contribution in [0.5, 0.6) is 0 Å². The zero-order valence-electron chi connectivity index (χ0n) is 22.3. The van der Waals surface area contributed by atoms with Crippen LogP contribution >= 0.6 is 11.3 Å². The SMILES string of the molecule is C/C=C\C=N.CC.CC.CC.CC.Cc1nc2ncccc2s1.Cc1onc2cccnc12. The third-order valence-electron chi connectivity index (χ3n) is 2.96. The summed E-state index contributed by atoms with van der Waals surface area (Å²) >= 11 is 1.68. The van der Waals surface area contributed by atoms with Crippen LogP contribution in [0.2, 0.25) is 0 Å². The Morgan fingerprint density at radius 3 is 1.94 bits per heavy atom. The number of allylic oxidation sites excluding steroid dienone is 2. The molecule has 0 aliphatic carbocycles. The lowest BCUT2D eigenvalue weighted by molar-refractivity contribution is 0.405. The van der Waals surface area contributed by atoms with Gasteiger partial charge in [0, 0.05) is 18.6 Å². The Balaban J connectivity index is -0.000000369. The summed E-state index contributed by atoms with van der Waals surface area (Å²) in [5, 5.41) is 11.2. The molecule has 33 heavy (non-hydrogen) atoms. The maximum atomic E-state index is 6.39. The van der Waals surface area contributed by atoms with Crippen LogP contribution in [0.25, 0.3) is 21.4 Å². The fourth-order valence-electron chi connectivity index (χ4n) is 1.88. The van der Waals surface area contributed by atoms with E-state index in [-0.39, 0.29) is 0 Å². The van der Waals surface area contributed by atoms with Gasteiger partial charge in [-0.1, -0.05) is 66.6 Å². The molecule has 0 amide bonds. The summed E-state index contributed by atoms with van der Waals surface area (Å²) in [5.41, 5.74) is 2.53. The number of aryl methyl sites for hydroxylation is 2. The van der Waals surface area contributed by atoms with Crippen LogP contribution in [0, 0.1) is 19.3 Å². The normalized spacial score (nSPS) is 8.45. The van der Waals surface area contributed by atoms with Crippen LogP contribution in [0.4, 0.5) is 0 Å². The minimum Gasteiger partial charge on any atom is -0.359 e. The van der Waals surface area contributed by atoms with Gasteiger partial charge in [-0.15, -0.1) is 11.3 Å². The molecule has 0 fully saturated rings. The predicted molar refractivity (Wildman–Crippen MR) is 148 cm³/mol. The maximum absolute atomic E-state index is 6.39. The van der Waals surface area contributed by atoms with Gasteiger partial charge >= 0.3 is 0 Å². The maximum Gasteiger partial charge on any atom is 0.170 e. The van der Waals surface area contributed by atoms with E-state index in [0.717, 1.165) is 27.4 Å². The van der Waals surface area contributed by atoms with E-state index in [0.29, 0.717) is 0 Å². The van der Waals surface area contributed by atoms with Crippen molar-refractivity contribution in [3.63, 3.8) is 0 Å². The molecule has 0 atom stereocenters. The van der Waals surface area contributed by atoms with Crippen LogP contribution < -0.4 is 0 Å². The molecule has 4 aromatic heterocycles. The quantitative estimate of drug-likeness (QED) is 0.279. The molecule has 0 radical (unpaired) electrons. The second-order valence-electron chi connectivity index (χ2n) is 4.86. The molecule has 0 spiro atoms. The van der Waals surface area contributed by atoms with Crippen molar-refractivity contribution in [3.05, 3.63) is 59.6 Å². The average molecular weight is 474 g/mol. The fraction of sp³-hybridized carbons (Fsp3) is 0.423. The highest BCUT2D eigenvalue weighted by molar-refractivity contribution is 7.18. The summed E-state index contributed by atoms with van der Waals surface area (Å²) in [7, 11) is 0. The lowest BCUT2D eigenvalue weighted by Gasteiger charge is -1.81. The lowest BCUT2D eigenvalue weighted by atomic mass is 10.3. The van der Waals surface area contributed by atoms with Gasteiger partial charge in [-0.25, -0.2) is 9.97 Å². The molecule has 0 saturated heterocycles. The monoisotopic (exact) mass is 473 g/mol. The molecule has 4 heterocycles. The number of fused-ring (bicyclic) bond motifs is 2. The van der Waals surface area contributed by atoms with Crippen molar-refractivity contribution >= 4 is 38.9 Å². The molecular weight excluding hydrogens is 430 g/mol. The highest BCUT2D eigenvalue weighted by atomic mass is 32.1. The summed E-state index contributed by atoms with van der Waals surface area (Å²) in [4.78, 5) is 12.4. The van der Waals surface area contributed by atoms with Crippen molar-refractivity contribution in [2.24, 2.45) is 0 Å². The van der Waals surface area contributed by atoms with E-state index < -0.39 is 0 Å². The fourth-order valence-corrected chi connectivity index (χ4v) is 2.66. The first-order valence-electron chi connectivity index (χ1n) is 11.6. The molecule has 4 aromatic rings. The van der Waals surface area contributed by atoms with Crippen molar-refractivity contribution < 1.29 is 4.52 Å². The molecule has 184 valence electrons. The smallest absolute Gasteiger partial charge is 0.170 e. The number of nitrogens with zero attached hydrogens (tertiary/aromatic N) is 4. The molecule has 4 rings (SSSR count). The van der Waals surface area contributed by atoms with Gasteiger partial charge in [0.2, 0.25) is 0 Å². The van der Waals surface area contributed by atoms with E-state index in [1.165, 1.54) is 10.9 Å². The first-order valence-corrected chi connectivity index (χ1v) is 12.4. The van der Waals surface area contributed by atoms with E-state index in [2.05, 4.69) is 20.1 Å². The predicted octanol–water partition coefficient (Wildman–Crippen LogP) is 8.85. The Morgan fingerprint density at radius 2 is 1.45 bits per heavy atom. The van der Waals surface area contributed by atoms with Crippen molar-refractivity contribution in [2.45, 2.75) is 76.2 Å². The number of nitrogens with one attached hydrogen (secondary N) is 1. The third-order valence-corrected chi connectivity index (χ3v) is 3.89. The molecule has 6 nitrogen and oxygen atoms in total. The van der Waals surface area contributed by atoms with Crippen LogP contribution in [-0.4, -0.2) is 26.3 Å². The van der Waals surface area contributed by atoms with Gasteiger partial charge in [0.05, 0.1) is 9.71 Å². The highest BCUT2D eigenvalue weighted by Gasteiger charge is 2.01. The van der Waals surface area contributed by atoms with Crippen LogP contribution in [0.3, 0.4) is 0 Å². The van der Waals surface area contributed by atoms with Crippen molar-refractivity contribution in [1.29, 1.82) is 5.41 Å². The van der Waals surface area contributed by atoms with E-state index >= 15 is 0 Å². The minimum absolute atomic E-state index is 0.774. The zero-order valence-corrected chi connectivity index (χ0v) is 23.1. The largest absolute Gasteiger partial charge is 0.359 e. The van der Waals surface area contributed by atoms with Gasteiger partial charge in [-0.3, -0.25) is 4.98 Å². The number of thiazole rings is 1. The van der Waals surface area contributed by atoms with Crippen molar-refractivity contribution in [1.82, 2.24) is 20.1 Å². The Hall–Kier alpha value is -2.93. The molecule has 1 N–H and O–H groups in total. The van der Waals surface area contributed by atoms with Crippen LogP contribution in [0.1, 0.15) is 73.1 Å². The Kier molecular flexibility index (Phi) is 26.6. The summed E-state index contributed by atoms with van der Waals surface area (Å²) in [5.74, 6) is 0.774. The van der Waals surface area contributed by atoms with Gasteiger partial charge in [0.25, 0.3) is 0 Å². The third kappa shape index (κ3) is 14.7. The number of rotatable bonds is 1. The van der Waals surface area contributed by atoms with Gasteiger partial charge in [0.1, 0.15) is 11.0 Å². The van der Waals surface area contributed by atoms with Gasteiger partial charge in [0.15, 0.2) is 11.4 Å². The van der Waals surface area contributed by atoms with E-state index in [4.69, 9.17) is 9.93 Å². The summed E-state index contributed by atoms with van der Waals surface area (Å²) in [6.45, 7) is 21.7. The van der Waals surface area contributed by atoms with Crippen molar-refractivity contribution in [2.75, 3.05) is 0 Å². The number of aromatic nitrogens is 4. The van der Waals surface area contributed by atoms with Crippen LogP contribution in [0.15, 0.2) is 53.3 Å². The molecular formula is C26H43N5OS. The second kappa shape index (κ2) is 25.3. The number of hydrogen-bond donors (Lipinski definition) is 1. The Bertz CT molecular complexity index is 936. The summed E-state index contributed by atoms with van der Waals surface area (Å²) < 4.78 is 6.07. The summed E-state index contributed by atoms with van der Waals surface area (Å²) in [6.07, 6.45) is 8.22. The molecule has 0 aromatic carbocycles. The minimum atomic E-state index is 0.774. The van der Waals surface area contributed by atoms with E-state index in [1.807, 2.05) is 107 Å². The van der Waals surface area contributed by atoms with Gasteiger partial charge in [-0.2, -0.15) is 0 Å². The number of hydrogen-bond acceptors (Lipinski definition) is 7. The average Bonchev–Trinajstić information content (AvgIpc) is 3.47. The number of pyridine rings is 2. The lowest BCUT2D eigenvalue weighted by Crippen LogP contribution is -1.72. The van der Waals surface area contributed by atoms with Crippen LogP contribution in [-0.2, 0) is 0 Å². The van der Waals surface area contributed by atoms with Gasteiger partial charge in [-0.05, 0) is 51.1 Å². The highest BCUT2D eigenvalue weighted by Crippen LogP contribution is 2.17. The first kappa shape index (κ1) is 34.7. The standard InChI is InChI=1S/C7H6N2O.C7H6N2S.C4H7N.4C2H6/c1-5-7-6(9-10-5)3-2-4-8-7;1-5-9-7-6(10-5)3-2-4-8-7;1-2-3-4-5;4*1-2/h2*2-4H,1H3;2-5H,1H3;4*1-2H3/b;;3-2-,5-4?;;;;. The topological polar surface area (TPSA) is 88.5 Å². The van der Waals surface area contributed by atoms with Crippen molar-refractivity contribution in [3.8, 4) is 0 Å².